The fourth-order valence-corrected chi connectivity index (χ4v) is 1.12. The van der Waals surface area contributed by atoms with Gasteiger partial charge in [-0.1, -0.05) is 6.92 Å². The van der Waals surface area contributed by atoms with Gasteiger partial charge in [0.15, 0.2) is 0 Å². The van der Waals surface area contributed by atoms with Crippen molar-refractivity contribution in [3.05, 3.63) is 0 Å². The van der Waals surface area contributed by atoms with Crippen molar-refractivity contribution >= 4 is 0 Å². The van der Waals surface area contributed by atoms with Crippen LogP contribution in [0.3, 0.4) is 0 Å². The summed E-state index contributed by atoms with van der Waals surface area (Å²) in [5.41, 5.74) is 0. The molecule has 1 aliphatic heterocycles. The van der Waals surface area contributed by atoms with Gasteiger partial charge in [0.25, 0.3) is 0 Å². The summed E-state index contributed by atoms with van der Waals surface area (Å²) in [6.45, 7) is 3.88. The molecule has 0 unspecified atom stereocenters. The molecule has 0 bridgehead atoms. The summed E-state index contributed by atoms with van der Waals surface area (Å²) in [4.78, 5) is 0. The summed E-state index contributed by atoms with van der Waals surface area (Å²) >= 11 is 0. The largest absolute Gasteiger partial charge is 0.379 e. The van der Waals surface area contributed by atoms with Crippen molar-refractivity contribution in [1.29, 1.82) is 0 Å². The first-order valence-corrected chi connectivity index (χ1v) is 3.45. The van der Waals surface area contributed by atoms with E-state index in [1.807, 2.05) is 0 Å². The quantitative estimate of drug-likeness (QED) is 0.528. The van der Waals surface area contributed by atoms with E-state index in [-0.39, 0.29) is 0 Å². The summed E-state index contributed by atoms with van der Waals surface area (Å²) in [7, 11) is 1.75. The third-order valence-electron chi connectivity index (χ3n) is 1.94. The molecule has 2 atom stereocenters. The van der Waals surface area contributed by atoms with Crippen LogP contribution in [0.1, 0.15) is 13.3 Å². The van der Waals surface area contributed by atoms with Gasteiger partial charge in [0.2, 0.25) is 0 Å². The third kappa shape index (κ3) is 1.66. The molecule has 1 aliphatic rings. The van der Waals surface area contributed by atoms with Crippen LogP contribution in [0.25, 0.3) is 0 Å². The first kappa shape index (κ1) is 7.03. The van der Waals surface area contributed by atoms with Crippen LogP contribution in [0.4, 0.5) is 0 Å². The zero-order chi connectivity index (χ0) is 6.69. The van der Waals surface area contributed by atoms with Crippen LogP contribution in [0.15, 0.2) is 0 Å². The molecule has 9 heavy (non-hydrogen) atoms. The monoisotopic (exact) mass is 130 g/mol. The summed E-state index contributed by atoms with van der Waals surface area (Å²) in [5, 5.41) is 0. The molecule has 0 aromatic carbocycles. The molecular formula is C7H14O2. The molecule has 0 spiro atoms. The van der Waals surface area contributed by atoms with E-state index in [0.717, 1.165) is 19.6 Å². The first-order valence-electron chi connectivity index (χ1n) is 3.45. The summed E-state index contributed by atoms with van der Waals surface area (Å²) in [5.74, 6) is 0.670. The Balaban J connectivity index is 2.30. The Kier molecular flexibility index (Phi) is 2.49. The first-order chi connectivity index (χ1) is 4.34. The molecule has 1 saturated heterocycles. The van der Waals surface area contributed by atoms with Crippen LogP contribution in [0.5, 0.6) is 0 Å². The zero-order valence-electron chi connectivity index (χ0n) is 6.09. The second-order valence-electron chi connectivity index (χ2n) is 2.62. The van der Waals surface area contributed by atoms with Crippen molar-refractivity contribution in [2.75, 3.05) is 20.3 Å². The van der Waals surface area contributed by atoms with Gasteiger partial charge in [0, 0.05) is 13.7 Å². The van der Waals surface area contributed by atoms with Gasteiger partial charge in [-0.15, -0.1) is 0 Å². The Bertz CT molecular complexity index is 83.0. The van der Waals surface area contributed by atoms with Gasteiger partial charge in [0.05, 0.1) is 12.7 Å². The fourth-order valence-electron chi connectivity index (χ4n) is 1.12. The number of methoxy groups -OCH3 is 1. The van der Waals surface area contributed by atoms with Crippen LogP contribution < -0.4 is 0 Å². The lowest BCUT2D eigenvalue weighted by Crippen LogP contribution is -2.31. The minimum atomic E-state index is 0.332. The van der Waals surface area contributed by atoms with Crippen molar-refractivity contribution in [1.82, 2.24) is 0 Å². The van der Waals surface area contributed by atoms with Gasteiger partial charge in [0.1, 0.15) is 0 Å². The van der Waals surface area contributed by atoms with Crippen molar-refractivity contribution in [2.45, 2.75) is 19.4 Å². The number of hydrogen-bond acceptors (Lipinski definition) is 2. The SMILES string of the molecule is CO[C@@H]1COCC[C@H]1C. The van der Waals surface area contributed by atoms with Gasteiger partial charge < -0.3 is 9.47 Å². The van der Waals surface area contributed by atoms with Crippen LogP contribution >= 0.6 is 0 Å². The van der Waals surface area contributed by atoms with Gasteiger partial charge in [-0.3, -0.25) is 0 Å². The maximum Gasteiger partial charge on any atom is 0.0830 e. The summed E-state index contributed by atoms with van der Waals surface area (Å²) < 4.78 is 10.4. The zero-order valence-corrected chi connectivity index (χ0v) is 6.09. The van der Waals surface area contributed by atoms with E-state index in [0.29, 0.717) is 12.0 Å². The molecule has 0 aliphatic carbocycles. The van der Waals surface area contributed by atoms with E-state index in [4.69, 9.17) is 9.47 Å². The minimum Gasteiger partial charge on any atom is -0.379 e. The Labute approximate surface area is 56.2 Å². The summed E-state index contributed by atoms with van der Waals surface area (Å²) in [6.07, 6.45) is 1.47. The standard InChI is InChI=1S/C7H14O2/c1-6-3-4-9-5-7(6)8-2/h6-7H,3-5H2,1-2H3/t6-,7-/m1/s1. The van der Waals surface area contributed by atoms with Crippen LogP contribution in [-0.4, -0.2) is 26.4 Å². The lowest BCUT2D eigenvalue weighted by Gasteiger charge is -2.27. The van der Waals surface area contributed by atoms with Crippen molar-refractivity contribution in [3.8, 4) is 0 Å². The molecule has 2 heteroatoms. The van der Waals surface area contributed by atoms with Crippen molar-refractivity contribution in [2.24, 2.45) is 5.92 Å². The van der Waals surface area contributed by atoms with Gasteiger partial charge in [-0.2, -0.15) is 0 Å². The predicted octanol–water partition coefficient (Wildman–Crippen LogP) is 1.06. The third-order valence-corrected chi connectivity index (χ3v) is 1.94. The Morgan fingerprint density at radius 3 is 2.78 bits per heavy atom. The van der Waals surface area contributed by atoms with Gasteiger partial charge >= 0.3 is 0 Å². The highest BCUT2D eigenvalue weighted by Gasteiger charge is 2.20. The molecule has 2 nitrogen and oxygen atoms in total. The smallest absolute Gasteiger partial charge is 0.0830 e. The predicted molar refractivity (Wildman–Crippen MR) is 35.4 cm³/mol. The highest BCUT2D eigenvalue weighted by atomic mass is 16.5. The van der Waals surface area contributed by atoms with Crippen LogP contribution in [0, 0.1) is 5.92 Å². The molecule has 54 valence electrons. The van der Waals surface area contributed by atoms with Crippen LogP contribution in [-0.2, 0) is 9.47 Å². The van der Waals surface area contributed by atoms with E-state index in [2.05, 4.69) is 6.92 Å². The van der Waals surface area contributed by atoms with Crippen LogP contribution in [0.2, 0.25) is 0 Å². The molecule has 0 amide bonds. The number of rotatable bonds is 1. The average molecular weight is 130 g/mol. The molecular weight excluding hydrogens is 116 g/mol. The van der Waals surface area contributed by atoms with E-state index in [1.165, 1.54) is 0 Å². The average Bonchev–Trinajstić information content (AvgIpc) is 1.89. The molecule has 0 radical (unpaired) electrons. The maximum absolute atomic E-state index is 5.22. The lowest BCUT2D eigenvalue weighted by molar-refractivity contribution is -0.0600. The lowest BCUT2D eigenvalue weighted by atomic mass is 10.00. The van der Waals surface area contributed by atoms with Crippen molar-refractivity contribution < 1.29 is 9.47 Å². The Morgan fingerprint density at radius 2 is 2.33 bits per heavy atom. The molecule has 0 saturated carbocycles. The topological polar surface area (TPSA) is 18.5 Å². The molecule has 1 fully saturated rings. The molecule has 0 aromatic rings. The fraction of sp³-hybridized carbons (Fsp3) is 1.00. The molecule has 0 aromatic heterocycles. The van der Waals surface area contributed by atoms with E-state index >= 15 is 0 Å². The normalized spacial score (nSPS) is 36.7. The number of hydrogen-bond donors (Lipinski definition) is 0. The molecule has 0 N–H and O–H groups in total. The van der Waals surface area contributed by atoms with Gasteiger partial charge in [-0.05, 0) is 12.3 Å². The molecule has 1 heterocycles. The highest BCUT2D eigenvalue weighted by Crippen LogP contribution is 2.16. The molecule has 1 rings (SSSR count). The Morgan fingerprint density at radius 1 is 1.56 bits per heavy atom. The maximum atomic E-state index is 5.22. The second kappa shape index (κ2) is 3.18. The van der Waals surface area contributed by atoms with Crippen molar-refractivity contribution in [3.63, 3.8) is 0 Å². The Hall–Kier alpha value is -0.0800. The van der Waals surface area contributed by atoms with Gasteiger partial charge in [-0.25, -0.2) is 0 Å². The minimum absolute atomic E-state index is 0.332. The summed E-state index contributed by atoms with van der Waals surface area (Å²) in [6, 6.07) is 0. The van der Waals surface area contributed by atoms with E-state index in [9.17, 15) is 0 Å². The van der Waals surface area contributed by atoms with E-state index < -0.39 is 0 Å². The van der Waals surface area contributed by atoms with E-state index in [1.54, 1.807) is 7.11 Å². The highest BCUT2D eigenvalue weighted by molar-refractivity contribution is 4.69. The number of ether oxygens (including phenoxy) is 2. The second-order valence-corrected chi connectivity index (χ2v) is 2.62.